The molecule has 1 saturated heterocycles. The number of aliphatic hydroxyl groups excluding tert-OH is 1. The summed E-state index contributed by atoms with van der Waals surface area (Å²) in [4.78, 5) is 16.1. The van der Waals surface area contributed by atoms with Crippen LogP contribution in [0.3, 0.4) is 0 Å². The summed E-state index contributed by atoms with van der Waals surface area (Å²) in [6.07, 6.45) is 2.91. The SMILES string of the molecule is Cl.Cl.O=C(NCC1CNCC1O)c1ccc(Oc2cccnc2)cc1. The van der Waals surface area contributed by atoms with E-state index in [1.807, 2.05) is 6.07 Å². The number of carbonyl (C=O) groups is 1. The van der Waals surface area contributed by atoms with Crippen molar-refractivity contribution >= 4 is 30.7 Å². The van der Waals surface area contributed by atoms with Crippen molar-refractivity contribution in [3.8, 4) is 11.5 Å². The molecule has 0 saturated carbocycles. The molecule has 1 aliphatic heterocycles. The first-order valence-electron chi connectivity index (χ1n) is 7.57. The molecule has 0 radical (unpaired) electrons. The van der Waals surface area contributed by atoms with Crippen LogP contribution in [0.4, 0.5) is 0 Å². The van der Waals surface area contributed by atoms with Gasteiger partial charge in [-0.3, -0.25) is 9.78 Å². The minimum atomic E-state index is -0.398. The summed E-state index contributed by atoms with van der Waals surface area (Å²) in [5.41, 5.74) is 0.559. The number of β-amino-alcohol motifs (C(OH)–C–C–N with tert-alkyl or cyclic N) is 1. The standard InChI is InChI=1S/C17H19N3O3.2ClH/c21-16-11-19-8-13(16)9-20-17(22)12-3-5-14(6-4-12)23-15-2-1-7-18-10-15;;/h1-7,10,13,16,19,21H,8-9,11H2,(H,20,22);2*1H. The molecule has 2 aromatic rings. The highest BCUT2D eigenvalue weighted by atomic mass is 35.5. The summed E-state index contributed by atoms with van der Waals surface area (Å²) in [5.74, 6) is 1.20. The Kier molecular flexibility index (Phi) is 8.65. The molecular formula is C17H21Cl2N3O3. The number of carbonyl (C=O) groups excluding carboxylic acids is 1. The third-order valence-corrected chi connectivity index (χ3v) is 3.82. The van der Waals surface area contributed by atoms with Crippen LogP contribution in [-0.4, -0.2) is 41.7 Å². The Balaban J connectivity index is 0.00000156. The molecular weight excluding hydrogens is 365 g/mol. The number of aromatic nitrogens is 1. The number of ether oxygens (including phenoxy) is 1. The van der Waals surface area contributed by atoms with Gasteiger partial charge < -0.3 is 20.5 Å². The minimum Gasteiger partial charge on any atom is -0.456 e. The van der Waals surface area contributed by atoms with Crippen LogP contribution in [-0.2, 0) is 0 Å². The first kappa shape index (κ1) is 21.2. The van der Waals surface area contributed by atoms with Gasteiger partial charge in [0, 0.05) is 37.3 Å². The Bertz CT molecular complexity index is 656. The van der Waals surface area contributed by atoms with Crippen LogP contribution < -0.4 is 15.4 Å². The summed E-state index contributed by atoms with van der Waals surface area (Å²) in [6, 6.07) is 10.5. The van der Waals surface area contributed by atoms with Crippen LogP contribution in [0.25, 0.3) is 0 Å². The zero-order chi connectivity index (χ0) is 16.1. The van der Waals surface area contributed by atoms with E-state index >= 15 is 0 Å². The van der Waals surface area contributed by atoms with Gasteiger partial charge in [-0.25, -0.2) is 0 Å². The second-order valence-corrected chi connectivity index (χ2v) is 5.51. The molecule has 8 heteroatoms. The van der Waals surface area contributed by atoms with Crippen molar-refractivity contribution in [2.45, 2.75) is 6.10 Å². The Hall–Kier alpha value is -1.86. The average molecular weight is 386 g/mol. The quantitative estimate of drug-likeness (QED) is 0.733. The average Bonchev–Trinajstić information content (AvgIpc) is 2.99. The maximum absolute atomic E-state index is 12.1. The second-order valence-electron chi connectivity index (χ2n) is 5.51. The molecule has 136 valence electrons. The number of amides is 1. The Labute approximate surface area is 158 Å². The lowest BCUT2D eigenvalue weighted by atomic mass is 10.1. The molecule has 3 N–H and O–H groups in total. The van der Waals surface area contributed by atoms with E-state index in [1.165, 1.54) is 0 Å². The van der Waals surface area contributed by atoms with Crippen LogP contribution in [0.1, 0.15) is 10.4 Å². The molecule has 2 unspecified atom stereocenters. The predicted octanol–water partition coefficient (Wildman–Crippen LogP) is 2.03. The number of halogens is 2. The molecule has 1 fully saturated rings. The van der Waals surface area contributed by atoms with E-state index in [4.69, 9.17) is 4.74 Å². The fourth-order valence-electron chi connectivity index (χ4n) is 2.47. The van der Waals surface area contributed by atoms with E-state index in [2.05, 4.69) is 15.6 Å². The fourth-order valence-corrected chi connectivity index (χ4v) is 2.47. The number of nitrogens with one attached hydrogen (secondary N) is 2. The maximum Gasteiger partial charge on any atom is 0.251 e. The second kappa shape index (κ2) is 10.2. The van der Waals surface area contributed by atoms with E-state index in [1.54, 1.807) is 42.7 Å². The van der Waals surface area contributed by atoms with Crippen molar-refractivity contribution in [1.29, 1.82) is 0 Å². The Morgan fingerprint density at radius 1 is 1.20 bits per heavy atom. The number of aliphatic hydroxyl groups is 1. The van der Waals surface area contributed by atoms with Crippen LogP contribution in [0.2, 0.25) is 0 Å². The lowest BCUT2D eigenvalue weighted by molar-refractivity contribution is 0.0927. The summed E-state index contributed by atoms with van der Waals surface area (Å²) >= 11 is 0. The Morgan fingerprint density at radius 3 is 2.56 bits per heavy atom. The van der Waals surface area contributed by atoms with Crippen LogP contribution in [0.15, 0.2) is 48.8 Å². The lowest BCUT2D eigenvalue weighted by Gasteiger charge is -2.14. The van der Waals surface area contributed by atoms with Gasteiger partial charge in [0.2, 0.25) is 0 Å². The number of pyridine rings is 1. The van der Waals surface area contributed by atoms with Crippen molar-refractivity contribution < 1.29 is 14.6 Å². The highest BCUT2D eigenvalue weighted by Crippen LogP contribution is 2.20. The van der Waals surface area contributed by atoms with Gasteiger partial charge in [-0.05, 0) is 36.4 Å². The minimum absolute atomic E-state index is 0. The molecule has 3 rings (SSSR count). The van der Waals surface area contributed by atoms with Gasteiger partial charge in [0.1, 0.15) is 11.5 Å². The molecule has 2 heterocycles. The predicted molar refractivity (Wildman–Crippen MR) is 99.9 cm³/mol. The number of benzene rings is 1. The van der Waals surface area contributed by atoms with E-state index in [0.29, 0.717) is 30.2 Å². The first-order chi connectivity index (χ1) is 11.2. The molecule has 6 nitrogen and oxygen atoms in total. The van der Waals surface area contributed by atoms with Gasteiger partial charge in [-0.15, -0.1) is 24.8 Å². The molecule has 0 bridgehead atoms. The number of hydrogen-bond acceptors (Lipinski definition) is 5. The fraction of sp³-hybridized carbons (Fsp3) is 0.294. The van der Waals surface area contributed by atoms with Gasteiger partial charge in [0.05, 0.1) is 12.3 Å². The van der Waals surface area contributed by atoms with Crippen molar-refractivity contribution in [3.05, 3.63) is 54.4 Å². The van der Waals surface area contributed by atoms with Crippen molar-refractivity contribution in [2.24, 2.45) is 5.92 Å². The van der Waals surface area contributed by atoms with Gasteiger partial charge in [0.25, 0.3) is 5.91 Å². The van der Waals surface area contributed by atoms with Crippen molar-refractivity contribution in [2.75, 3.05) is 19.6 Å². The molecule has 0 spiro atoms. The maximum atomic E-state index is 12.1. The largest absolute Gasteiger partial charge is 0.456 e. The van der Waals surface area contributed by atoms with Gasteiger partial charge in [-0.1, -0.05) is 0 Å². The molecule has 2 atom stereocenters. The zero-order valence-electron chi connectivity index (χ0n) is 13.4. The topological polar surface area (TPSA) is 83.5 Å². The summed E-state index contributed by atoms with van der Waals surface area (Å²) < 4.78 is 5.63. The van der Waals surface area contributed by atoms with Crippen molar-refractivity contribution in [1.82, 2.24) is 15.6 Å². The lowest BCUT2D eigenvalue weighted by Crippen LogP contribution is -2.34. The van der Waals surface area contributed by atoms with E-state index < -0.39 is 6.10 Å². The molecule has 1 aromatic heterocycles. The van der Waals surface area contributed by atoms with Gasteiger partial charge in [-0.2, -0.15) is 0 Å². The van der Waals surface area contributed by atoms with Crippen LogP contribution in [0, 0.1) is 5.92 Å². The van der Waals surface area contributed by atoms with E-state index in [0.717, 1.165) is 6.54 Å². The molecule has 25 heavy (non-hydrogen) atoms. The third kappa shape index (κ3) is 5.86. The number of hydrogen-bond donors (Lipinski definition) is 3. The molecule has 0 aliphatic carbocycles. The van der Waals surface area contributed by atoms with Crippen LogP contribution >= 0.6 is 24.8 Å². The van der Waals surface area contributed by atoms with Gasteiger partial charge >= 0.3 is 0 Å². The van der Waals surface area contributed by atoms with Gasteiger partial charge in [0.15, 0.2) is 0 Å². The number of nitrogens with zero attached hydrogens (tertiary/aromatic N) is 1. The molecule has 1 aliphatic rings. The Morgan fingerprint density at radius 2 is 1.96 bits per heavy atom. The normalized spacial score (nSPS) is 18.6. The zero-order valence-corrected chi connectivity index (χ0v) is 15.1. The molecule has 1 amide bonds. The third-order valence-electron chi connectivity index (χ3n) is 3.82. The highest BCUT2D eigenvalue weighted by molar-refractivity contribution is 5.94. The number of rotatable bonds is 5. The monoisotopic (exact) mass is 385 g/mol. The first-order valence-corrected chi connectivity index (χ1v) is 7.57. The van der Waals surface area contributed by atoms with Crippen molar-refractivity contribution in [3.63, 3.8) is 0 Å². The molecule has 1 aromatic carbocycles. The van der Waals surface area contributed by atoms with Crippen LogP contribution in [0.5, 0.6) is 11.5 Å². The summed E-state index contributed by atoms with van der Waals surface area (Å²) in [6.45, 7) is 1.77. The smallest absolute Gasteiger partial charge is 0.251 e. The van der Waals surface area contributed by atoms with E-state index in [9.17, 15) is 9.90 Å². The summed E-state index contributed by atoms with van der Waals surface area (Å²) in [5, 5.41) is 15.7. The summed E-state index contributed by atoms with van der Waals surface area (Å²) in [7, 11) is 0. The highest BCUT2D eigenvalue weighted by Gasteiger charge is 2.25. The van der Waals surface area contributed by atoms with E-state index in [-0.39, 0.29) is 36.6 Å².